The molecule has 3 heteroatoms. The largest absolute Gasteiger partial charge is 0.364 e. The number of nitrogens with one attached hydrogen (secondary N) is 1. The van der Waals surface area contributed by atoms with E-state index in [4.69, 9.17) is 0 Å². The summed E-state index contributed by atoms with van der Waals surface area (Å²) >= 11 is 0. The van der Waals surface area contributed by atoms with Gasteiger partial charge in [0, 0.05) is 18.8 Å². The van der Waals surface area contributed by atoms with Gasteiger partial charge in [-0.25, -0.2) is 4.98 Å². The maximum absolute atomic E-state index is 4.20. The third kappa shape index (κ3) is 1.98. The van der Waals surface area contributed by atoms with E-state index in [1.54, 1.807) is 6.33 Å². The van der Waals surface area contributed by atoms with E-state index >= 15 is 0 Å². The highest BCUT2D eigenvalue weighted by Crippen LogP contribution is 2.19. The third-order valence-electron chi connectivity index (χ3n) is 2.47. The number of nitrogens with zero attached hydrogens (tertiary/aromatic N) is 2. The smallest absolute Gasteiger partial charge is 0.0931 e. The predicted molar refractivity (Wildman–Crippen MR) is 68.7 cm³/mol. The minimum atomic E-state index is 0.811. The molecule has 0 fully saturated rings. The summed E-state index contributed by atoms with van der Waals surface area (Å²) in [6.07, 6.45) is 5.49. The van der Waals surface area contributed by atoms with Gasteiger partial charge in [0.05, 0.1) is 17.4 Å². The van der Waals surface area contributed by atoms with E-state index in [1.165, 1.54) is 0 Å². The average molecular weight is 213 g/mol. The van der Waals surface area contributed by atoms with Crippen LogP contribution in [-0.4, -0.2) is 23.1 Å². The quantitative estimate of drug-likeness (QED) is 0.774. The van der Waals surface area contributed by atoms with E-state index in [-0.39, 0.29) is 0 Å². The second-order valence-electron chi connectivity index (χ2n) is 3.59. The second kappa shape index (κ2) is 4.66. The first-order chi connectivity index (χ1) is 7.85. The SMILES string of the molecule is C=CCN(CC=C)c1ccc2nc[nH]c2c1. The van der Waals surface area contributed by atoms with E-state index in [0.717, 1.165) is 29.8 Å². The first kappa shape index (κ1) is 10.5. The van der Waals surface area contributed by atoms with Crippen molar-refractivity contribution in [3.63, 3.8) is 0 Å². The van der Waals surface area contributed by atoms with Crippen molar-refractivity contribution in [2.75, 3.05) is 18.0 Å². The molecule has 1 aromatic heterocycles. The van der Waals surface area contributed by atoms with Gasteiger partial charge >= 0.3 is 0 Å². The first-order valence-electron chi connectivity index (χ1n) is 5.25. The van der Waals surface area contributed by atoms with Gasteiger partial charge in [-0.1, -0.05) is 12.2 Å². The molecule has 0 spiro atoms. The highest BCUT2D eigenvalue weighted by molar-refractivity contribution is 5.79. The fourth-order valence-corrected chi connectivity index (χ4v) is 1.72. The second-order valence-corrected chi connectivity index (χ2v) is 3.59. The van der Waals surface area contributed by atoms with Crippen molar-refractivity contribution in [3.05, 3.63) is 49.8 Å². The highest BCUT2D eigenvalue weighted by atomic mass is 15.1. The summed E-state index contributed by atoms with van der Waals surface area (Å²) in [4.78, 5) is 9.50. The molecule has 0 saturated heterocycles. The van der Waals surface area contributed by atoms with Crippen LogP contribution in [0.1, 0.15) is 0 Å². The molecule has 0 saturated carbocycles. The van der Waals surface area contributed by atoms with Crippen LogP contribution < -0.4 is 4.90 Å². The van der Waals surface area contributed by atoms with Gasteiger partial charge in [-0.3, -0.25) is 0 Å². The number of hydrogen-bond donors (Lipinski definition) is 1. The summed E-state index contributed by atoms with van der Waals surface area (Å²) in [5, 5.41) is 0. The monoisotopic (exact) mass is 213 g/mol. The summed E-state index contributed by atoms with van der Waals surface area (Å²) in [5.41, 5.74) is 3.19. The van der Waals surface area contributed by atoms with Gasteiger partial charge in [0.15, 0.2) is 0 Å². The molecule has 0 aliphatic rings. The summed E-state index contributed by atoms with van der Waals surface area (Å²) in [6, 6.07) is 6.17. The Balaban J connectivity index is 2.34. The molecule has 0 atom stereocenters. The molecule has 0 radical (unpaired) electrons. The minimum Gasteiger partial charge on any atom is -0.364 e. The number of imidazole rings is 1. The van der Waals surface area contributed by atoms with Crippen molar-refractivity contribution < 1.29 is 0 Å². The van der Waals surface area contributed by atoms with E-state index in [2.05, 4.69) is 40.2 Å². The Bertz CT molecular complexity index is 489. The molecule has 1 aromatic carbocycles. The molecule has 0 amide bonds. The summed E-state index contributed by atoms with van der Waals surface area (Å²) in [5.74, 6) is 0. The van der Waals surface area contributed by atoms with Crippen molar-refractivity contribution in [1.29, 1.82) is 0 Å². The number of benzene rings is 1. The lowest BCUT2D eigenvalue weighted by molar-refractivity contribution is 0.958. The number of rotatable bonds is 5. The van der Waals surface area contributed by atoms with Crippen LogP contribution in [0.5, 0.6) is 0 Å². The molecule has 2 rings (SSSR count). The molecule has 1 heterocycles. The Morgan fingerprint density at radius 2 is 2.00 bits per heavy atom. The first-order valence-corrected chi connectivity index (χ1v) is 5.25. The Morgan fingerprint density at radius 1 is 1.25 bits per heavy atom. The molecule has 0 aliphatic carbocycles. The Kier molecular flexibility index (Phi) is 3.05. The number of anilines is 1. The van der Waals surface area contributed by atoms with E-state index in [0.29, 0.717) is 0 Å². The Morgan fingerprint density at radius 3 is 2.69 bits per heavy atom. The van der Waals surface area contributed by atoms with Gasteiger partial charge in [0.2, 0.25) is 0 Å². The normalized spacial score (nSPS) is 10.2. The van der Waals surface area contributed by atoms with Gasteiger partial charge < -0.3 is 9.88 Å². The summed E-state index contributed by atoms with van der Waals surface area (Å²) < 4.78 is 0. The maximum atomic E-state index is 4.20. The van der Waals surface area contributed by atoms with Crippen molar-refractivity contribution in [1.82, 2.24) is 9.97 Å². The van der Waals surface area contributed by atoms with Crippen molar-refractivity contribution in [2.45, 2.75) is 0 Å². The van der Waals surface area contributed by atoms with Crippen LogP contribution in [0.15, 0.2) is 49.8 Å². The molecule has 3 nitrogen and oxygen atoms in total. The zero-order chi connectivity index (χ0) is 11.4. The lowest BCUT2D eigenvalue weighted by Gasteiger charge is -2.21. The number of aromatic amines is 1. The Hall–Kier alpha value is -2.03. The molecule has 1 N–H and O–H groups in total. The van der Waals surface area contributed by atoms with Crippen LogP contribution >= 0.6 is 0 Å². The van der Waals surface area contributed by atoms with Crippen molar-refractivity contribution in [2.24, 2.45) is 0 Å². The number of H-pyrrole nitrogens is 1. The standard InChI is InChI=1S/C13H15N3/c1-3-7-16(8-4-2)11-5-6-12-13(9-11)15-10-14-12/h3-6,9-10H,1-2,7-8H2,(H,14,15). The lowest BCUT2D eigenvalue weighted by atomic mass is 10.2. The van der Waals surface area contributed by atoms with Gasteiger partial charge in [0.25, 0.3) is 0 Å². The van der Waals surface area contributed by atoms with Crippen LogP contribution in [0.2, 0.25) is 0 Å². The van der Waals surface area contributed by atoms with Crippen LogP contribution in [0, 0.1) is 0 Å². The van der Waals surface area contributed by atoms with E-state index in [9.17, 15) is 0 Å². The van der Waals surface area contributed by atoms with Gasteiger partial charge in [-0.2, -0.15) is 0 Å². The van der Waals surface area contributed by atoms with Gasteiger partial charge in [-0.05, 0) is 18.2 Å². The van der Waals surface area contributed by atoms with E-state index in [1.807, 2.05) is 18.2 Å². The van der Waals surface area contributed by atoms with Crippen LogP contribution in [-0.2, 0) is 0 Å². The highest BCUT2D eigenvalue weighted by Gasteiger charge is 2.04. The molecule has 82 valence electrons. The molecule has 16 heavy (non-hydrogen) atoms. The average Bonchev–Trinajstić information content (AvgIpc) is 2.75. The topological polar surface area (TPSA) is 31.9 Å². The number of hydrogen-bond acceptors (Lipinski definition) is 2. The number of aromatic nitrogens is 2. The van der Waals surface area contributed by atoms with Crippen LogP contribution in [0.4, 0.5) is 5.69 Å². The molecular weight excluding hydrogens is 198 g/mol. The molecular formula is C13H15N3. The minimum absolute atomic E-state index is 0.811. The van der Waals surface area contributed by atoms with Crippen LogP contribution in [0.25, 0.3) is 11.0 Å². The van der Waals surface area contributed by atoms with Crippen molar-refractivity contribution in [3.8, 4) is 0 Å². The van der Waals surface area contributed by atoms with E-state index < -0.39 is 0 Å². The van der Waals surface area contributed by atoms with Gasteiger partial charge in [-0.15, -0.1) is 13.2 Å². The number of fused-ring (bicyclic) bond motifs is 1. The van der Waals surface area contributed by atoms with Gasteiger partial charge in [0.1, 0.15) is 0 Å². The fourth-order valence-electron chi connectivity index (χ4n) is 1.72. The zero-order valence-corrected chi connectivity index (χ0v) is 9.19. The predicted octanol–water partition coefficient (Wildman–Crippen LogP) is 2.74. The lowest BCUT2D eigenvalue weighted by Crippen LogP contribution is -2.22. The Labute approximate surface area is 95.1 Å². The zero-order valence-electron chi connectivity index (χ0n) is 9.19. The summed E-state index contributed by atoms with van der Waals surface area (Å²) in [6.45, 7) is 9.15. The van der Waals surface area contributed by atoms with Crippen molar-refractivity contribution >= 4 is 16.7 Å². The molecule has 2 aromatic rings. The molecule has 0 bridgehead atoms. The molecule has 0 aliphatic heterocycles. The fraction of sp³-hybridized carbons (Fsp3) is 0.154. The summed E-state index contributed by atoms with van der Waals surface area (Å²) in [7, 11) is 0. The maximum Gasteiger partial charge on any atom is 0.0931 e. The third-order valence-corrected chi connectivity index (χ3v) is 2.47. The van der Waals surface area contributed by atoms with Crippen LogP contribution in [0.3, 0.4) is 0 Å². The molecule has 0 unspecified atom stereocenters.